The topological polar surface area (TPSA) is 64.6 Å². The van der Waals surface area contributed by atoms with Gasteiger partial charge in [-0.15, -0.1) is 0 Å². The minimum Gasteiger partial charge on any atom is -0.482 e. The number of ether oxygens (including phenoxy) is 2. The van der Waals surface area contributed by atoms with Crippen LogP contribution in [0.25, 0.3) is 0 Å². The molecule has 0 saturated carbocycles. The second-order valence-electron chi connectivity index (χ2n) is 6.62. The first kappa shape index (κ1) is 20.5. The summed E-state index contributed by atoms with van der Waals surface area (Å²) in [4.78, 5) is 23.7. The molecule has 0 radical (unpaired) electrons. The highest BCUT2D eigenvalue weighted by Gasteiger charge is 2.09. The summed E-state index contributed by atoms with van der Waals surface area (Å²) in [5, 5.41) is 2.71. The smallest absolute Gasteiger partial charge is 0.344 e. The molecule has 144 valence electrons. The van der Waals surface area contributed by atoms with E-state index in [0.29, 0.717) is 11.4 Å². The van der Waals surface area contributed by atoms with Crippen molar-refractivity contribution in [3.8, 4) is 5.75 Å². The van der Waals surface area contributed by atoms with Crippen LogP contribution in [-0.4, -0.2) is 25.1 Å². The van der Waals surface area contributed by atoms with Crippen LogP contribution in [0.4, 0.5) is 5.69 Å². The highest BCUT2D eigenvalue weighted by Crippen LogP contribution is 2.16. The van der Waals surface area contributed by atoms with Crippen LogP contribution in [0, 0.1) is 13.8 Å². The van der Waals surface area contributed by atoms with E-state index in [1.807, 2.05) is 56.3 Å². The zero-order valence-corrected chi connectivity index (χ0v) is 16.2. The summed E-state index contributed by atoms with van der Waals surface area (Å²) in [5.41, 5.74) is 4.03. The summed E-state index contributed by atoms with van der Waals surface area (Å²) in [6.07, 6.45) is 3.33. The third-order valence-electron chi connectivity index (χ3n) is 3.97. The number of hydrogen-bond acceptors (Lipinski definition) is 4. The van der Waals surface area contributed by atoms with E-state index in [9.17, 15) is 9.59 Å². The van der Waals surface area contributed by atoms with Gasteiger partial charge in [-0.1, -0.05) is 31.5 Å². The van der Waals surface area contributed by atoms with E-state index in [0.717, 1.165) is 30.4 Å². The Bertz CT molecular complexity index is 748. The van der Waals surface area contributed by atoms with Crippen molar-refractivity contribution in [2.45, 2.75) is 40.0 Å². The molecule has 0 bridgehead atoms. The Morgan fingerprint density at radius 2 is 1.63 bits per heavy atom. The third-order valence-corrected chi connectivity index (χ3v) is 3.97. The Morgan fingerprint density at radius 3 is 2.26 bits per heavy atom. The van der Waals surface area contributed by atoms with Gasteiger partial charge in [-0.2, -0.15) is 0 Å². The van der Waals surface area contributed by atoms with E-state index >= 15 is 0 Å². The second-order valence-corrected chi connectivity index (χ2v) is 6.62. The SMILES string of the molecule is CCCCc1ccc(NC(=O)COC(=O)COc2cc(C)cc(C)c2)cc1. The first-order chi connectivity index (χ1) is 13.0. The van der Waals surface area contributed by atoms with E-state index in [4.69, 9.17) is 9.47 Å². The number of esters is 1. The molecular formula is C22H27NO4. The molecular weight excluding hydrogens is 342 g/mol. The maximum Gasteiger partial charge on any atom is 0.344 e. The van der Waals surface area contributed by atoms with Crippen LogP contribution >= 0.6 is 0 Å². The predicted molar refractivity (Wildman–Crippen MR) is 106 cm³/mol. The van der Waals surface area contributed by atoms with Crippen molar-refractivity contribution in [3.63, 3.8) is 0 Å². The molecule has 0 aliphatic rings. The van der Waals surface area contributed by atoms with Gasteiger partial charge in [0.1, 0.15) is 5.75 Å². The molecule has 0 heterocycles. The molecule has 0 fully saturated rings. The molecule has 0 atom stereocenters. The second kappa shape index (κ2) is 10.4. The van der Waals surface area contributed by atoms with Crippen molar-refractivity contribution in [1.29, 1.82) is 0 Å². The Balaban J connectivity index is 1.72. The van der Waals surface area contributed by atoms with Gasteiger partial charge >= 0.3 is 5.97 Å². The number of unbranched alkanes of at least 4 members (excludes halogenated alkanes) is 1. The standard InChI is InChI=1S/C22H27NO4/c1-4-5-6-18-7-9-19(10-8-18)23-21(24)14-27-22(25)15-26-20-12-16(2)11-17(3)13-20/h7-13H,4-6,14-15H2,1-3H3,(H,23,24). The molecule has 5 nitrogen and oxygen atoms in total. The van der Waals surface area contributed by atoms with Gasteiger partial charge in [-0.3, -0.25) is 4.79 Å². The van der Waals surface area contributed by atoms with Crippen molar-refractivity contribution in [2.75, 3.05) is 18.5 Å². The van der Waals surface area contributed by atoms with Crippen LogP contribution in [-0.2, 0) is 20.7 Å². The molecule has 0 aromatic heterocycles. The van der Waals surface area contributed by atoms with Crippen molar-refractivity contribution in [2.24, 2.45) is 0 Å². The van der Waals surface area contributed by atoms with Gasteiger partial charge in [-0.05, 0) is 67.6 Å². The fraction of sp³-hybridized carbons (Fsp3) is 0.364. The number of rotatable bonds is 9. The number of hydrogen-bond donors (Lipinski definition) is 1. The quantitative estimate of drug-likeness (QED) is 0.673. The van der Waals surface area contributed by atoms with Crippen LogP contribution in [0.3, 0.4) is 0 Å². The molecule has 1 N–H and O–H groups in total. The lowest BCUT2D eigenvalue weighted by Gasteiger charge is -2.09. The summed E-state index contributed by atoms with van der Waals surface area (Å²) >= 11 is 0. The first-order valence-corrected chi connectivity index (χ1v) is 9.22. The number of aryl methyl sites for hydroxylation is 3. The van der Waals surface area contributed by atoms with Crippen LogP contribution in [0.1, 0.15) is 36.5 Å². The van der Waals surface area contributed by atoms with Crippen LogP contribution in [0.5, 0.6) is 5.75 Å². The summed E-state index contributed by atoms with van der Waals surface area (Å²) in [7, 11) is 0. The average Bonchev–Trinajstić information content (AvgIpc) is 2.63. The summed E-state index contributed by atoms with van der Waals surface area (Å²) in [6.45, 7) is 5.50. The van der Waals surface area contributed by atoms with Gasteiger partial charge < -0.3 is 14.8 Å². The van der Waals surface area contributed by atoms with Gasteiger partial charge in [-0.25, -0.2) is 4.79 Å². The van der Waals surface area contributed by atoms with Gasteiger partial charge in [0.2, 0.25) is 0 Å². The molecule has 2 aromatic rings. The fourth-order valence-corrected chi connectivity index (χ4v) is 2.68. The fourth-order valence-electron chi connectivity index (χ4n) is 2.68. The first-order valence-electron chi connectivity index (χ1n) is 9.22. The van der Waals surface area contributed by atoms with Crippen molar-refractivity contribution in [1.82, 2.24) is 0 Å². The third kappa shape index (κ3) is 7.52. The Hall–Kier alpha value is -2.82. The normalized spacial score (nSPS) is 10.3. The zero-order valence-electron chi connectivity index (χ0n) is 16.2. The number of amides is 1. The van der Waals surface area contributed by atoms with Crippen molar-refractivity contribution in [3.05, 3.63) is 59.2 Å². The van der Waals surface area contributed by atoms with E-state index in [1.54, 1.807) is 0 Å². The van der Waals surface area contributed by atoms with Crippen LogP contribution < -0.4 is 10.1 Å². The number of anilines is 1. The molecule has 2 rings (SSSR count). The largest absolute Gasteiger partial charge is 0.482 e. The number of nitrogens with one attached hydrogen (secondary N) is 1. The van der Waals surface area contributed by atoms with Gasteiger partial charge in [0.25, 0.3) is 5.91 Å². The zero-order chi connectivity index (χ0) is 19.6. The monoisotopic (exact) mass is 369 g/mol. The Kier molecular flexibility index (Phi) is 7.86. The maximum absolute atomic E-state index is 11.9. The Labute approximate surface area is 160 Å². The van der Waals surface area contributed by atoms with Gasteiger partial charge in [0, 0.05) is 5.69 Å². The van der Waals surface area contributed by atoms with Gasteiger partial charge in [0.15, 0.2) is 13.2 Å². The molecule has 0 aliphatic heterocycles. The molecule has 27 heavy (non-hydrogen) atoms. The predicted octanol–water partition coefficient (Wildman–Crippen LogP) is 4.21. The van der Waals surface area contributed by atoms with Crippen molar-refractivity contribution >= 4 is 17.6 Å². The molecule has 0 unspecified atom stereocenters. The molecule has 5 heteroatoms. The highest BCUT2D eigenvalue weighted by molar-refractivity contribution is 5.92. The number of carbonyl (C=O) groups is 2. The number of benzene rings is 2. The minimum atomic E-state index is -0.584. The van der Waals surface area contributed by atoms with Gasteiger partial charge in [0.05, 0.1) is 0 Å². The highest BCUT2D eigenvalue weighted by atomic mass is 16.6. The number of carbonyl (C=O) groups excluding carboxylic acids is 2. The summed E-state index contributed by atoms with van der Waals surface area (Å²) < 4.78 is 10.4. The van der Waals surface area contributed by atoms with E-state index in [2.05, 4.69) is 12.2 Å². The van der Waals surface area contributed by atoms with Crippen LogP contribution in [0.15, 0.2) is 42.5 Å². The molecule has 2 aromatic carbocycles. The molecule has 1 amide bonds. The summed E-state index contributed by atoms with van der Waals surface area (Å²) in [5.74, 6) is -0.354. The van der Waals surface area contributed by atoms with E-state index < -0.39 is 5.97 Å². The van der Waals surface area contributed by atoms with E-state index in [1.165, 1.54) is 5.56 Å². The molecule has 0 spiro atoms. The molecule has 0 saturated heterocycles. The summed E-state index contributed by atoms with van der Waals surface area (Å²) in [6, 6.07) is 13.4. The van der Waals surface area contributed by atoms with Crippen molar-refractivity contribution < 1.29 is 19.1 Å². The lowest BCUT2D eigenvalue weighted by molar-refractivity contribution is -0.149. The average molecular weight is 369 g/mol. The minimum absolute atomic E-state index is 0.234. The lowest BCUT2D eigenvalue weighted by Crippen LogP contribution is -2.23. The Morgan fingerprint density at radius 1 is 0.963 bits per heavy atom. The van der Waals surface area contributed by atoms with Crippen LogP contribution in [0.2, 0.25) is 0 Å². The maximum atomic E-state index is 11.9. The lowest BCUT2D eigenvalue weighted by atomic mass is 10.1. The molecule has 0 aliphatic carbocycles. The van der Waals surface area contributed by atoms with E-state index in [-0.39, 0.29) is 19.1 Å².